The van der Waals surface area contributed by atoms with Gasteiger partial charge in [-0.3, -0.25) is 4.79 Å². The normalized spacial score (nSPS) is 10.5. The molecule has 0 aliphatic heterocycles. The van der Waals surface area contributed by atoms with Gasteiger partial charge in [0.2, 0.25) is 17.6 Å². The Bertz CT molecular complexity index is 817. The van der Waals surface area contributed by atoms with Gasteiger partial charge in [0.05, 0.1) is 17.1 Å². The number of nitrogens with zero attached hydrogens (tertiary/aromatic N) is 2. The Morgan fingerprint density at radius 3 is 3.00 bits per heavy atom. The average Bonchev–Trinajstić information content (AvgIpc) is 3.18. The molecule has 0 saturated carbocycles. The number of thiophene rings is 1. The molecule has 0 saturated heterocycles. The molecule has 0 spiro atoms. The molecule has 2 heterocycles. The molecule has 118 valence electrons. The minimum absolute atomic E-state index is 0.118. The van der Waals surface area contributed by atoms with Crippen molar-refractivity contribution in [3.63, 3.8) is 0 Å². The molecule has 3 aromatic rings. The molecule has 2 N–H and O–H groups in total. The number of benzene rings is 1. The Balaban J connectivity index is 1.67. The highest BCUT2D eigenvalue weighted by molar-refractivity contribution is 7.13. The molecule has 0 bridgehead atoms. The van der Waals surface area contributed by atoms with E-state index in [1.165, 1.54) is 30.4 Å². The number of anilines is 2. The van der Waals surface area contributed by atoms with E-state index in [9.17, 15) is 9.18 Å². The van der Waals surface area contributed by atoms with Crippen LogP contribution in [0.2, 0.25) is 0 Å². The second kappa shape index (κ2) is 6.57. The zero-order chi connectivity index (χ0) is 16.2. The van der Waals surface area contributed by atoms with Crippen molar-refractivity contribution in [2.24, 2.45) is 0 Å². The van der Waals surface area contributed by atoms with Gasteiger partial charge in [0.25, 0.3) is 0 Å². The van der Waals surface area contributed by atoms with Crippen LogP contribution in [-0.4, -0.2) is 16.0 Å². The molecule has 0 radical (unpaired) electrons. The van der Waals surface area contributed by atoms with Crippen molar-refractivity contribution in [2.75, 3.05) is 10.6 Å². The molecule has 3 rings (SSSR count). The minimum Gasteiger partial charge on any atom is -0.376 e. The van der Waals surface area contributed by atoms with Crippen LogP contribution >= 0.6 is 11.3 Å². The first-order valence-electron chi connectivity index (χ1n) is 6.79. The number of aromatic nitrogens is 2. The molecule has 1 aromatic carbocycles. The van der Waals surface area contributed by atoms with Gasteiger partial charge in [-0.2, -0.15) is 4.98 Å². The predicted octanol–water partition coefficient (Wildman–Crippen LogP) is 3.51. The summed E-state index contributed by atoms with van der Waals surface area (Å²) in [4.78, 5) is 16.2. The summed E-state index contributed by atoms with van der Waals surface area (Å²) in [7, 11) is 0. The van der Waals surface area contributed by atoms with E-state index >= 15 is 0 Å². The molecule has 0 unspecified atom stereocenters. The van der Waals surface area contributed by atoms with Gasteiger partial charge in [-0.05, 0) is 29.6 Å². The summed E-state index contributed by atoms with van der Waals surface area (Å²) in [6.07, 6.45) is 0. The molecule has 0 fully saturated rings. The first-order chi connectivity index (χ1) is 11.1. The standard InChI is InChI=1S/C15H13FN4O2S/c1-9(21)18-12-7-10(4-5-11(12)16)17-8-14-19-15(20-22-14)13-3-2-6-23-13/h2-7,17H,8H2,1H3,(H,18,21). The lowest BCUT2D eigenvalue weighted by atomic mass is 10.2. The Kier molecular flexibility index (Phi) is 4.33. The number of nitrogens with one attached hydrogen (secondary N) is 2. The van der Waals surface area contributed by atoms with Gasteiger partial charge < -0.3 is 15.2 Å². The molecule has 0 atom stereocenters. The van der Waals surface area contributed by atoms with Crippen LogP contribution in [0.5, 0.6) is 0 Å². The number of carbonyl (C=O) groups excluding carboxylic acids is 1. The number of hydrogen-bond acceptors (Lipinski definition) is 6. The fourth-order valence-electron chi connectivity index (χ4n) is 1.93. The highest BCUT2D eigenvalue weighted by Gasteiger charge is 2.10. The summed E-state index contributed by atoms with van der Waals surface area (Å²) in [5.41, 5.74) is 0.748. The van der Waals surface area contributed by atoms with Gasteiger partial charge >= 0.3 is 0 Å². The minimum atomic E-state index is -0.497. The predicted molar refractivity (Wildman–Crippen MR) is 85.6 cm³/mol. The van der Waals surface area contributed by atoms with Gasteiger partial charge in [0.15, 0.2) is 0 Å². The zero-order valence-corrected chi connectivity index (χ0v) is 13.0. The maximum atomic E-state index is 13.6. The van der Waals surface area contributed by atoms with E-state index in [1.807, 2.05) is 17.5 Å². The average molecular weight is 332 g/mol. The third kappa shape index (κ3) is 3.72. The maximum Gasteiger partial charge on any atom is 0.246 e. The molecule has 2 aromatic heterocycles. The Hall–Kier alpha value is -2.74. The summed E-state index contributed by atoms with van der Waals surface area (Å²) in [5.74, 6) is 0.121. The molecular weight excluding hydrogens is 319 g/mol. The second-order valence-electron chi connectivity index (χ2n) is 4.72. The highest BCUT2D eigenvalue weighted by atomic mass is 32.1. The number of rotatable bonds is 5. The van der Waals surface area contributed by atoms with Gasteiger partial charge in [-0.25, -0.2) is 4.39 Å². The van der Waals surface area contributed by atoms with Crippen molar-refractivity contribution in [2.45, 2.75) is 13.5 Å². The van der Waals surface area contributed by atoms with E-state index in [0.717, 1.165) is 4.88 Å². The Morgan fingerprint density at radius 1 is 1.39 bits per heavy atom. The third-order valence-corrected chi connectivity index (χ3v) is 3.80. The van der Waals surface area contributed by atoms with Crippen LogP contribution < -0.4 is 10.6 Å². The lowest BCUT2D eigenvalue weighted by Crippen LogP contribution is -2.08. The summed E-state index contributed by atoms with van der Waals surface area (Å²) < 4.78 is 18.7. The topological polar surface area (TPSA) is 80.0 Å². The first-order valence-corrected chi connectivity index (χ1v) is 7.67. The lowest BCUT2D eigenvalue weighted by Gasteiger charge is -2.08. The summed E-state index contributed by atoms with van der Waals surface area (Å²) in [5, 5.41) is 11.3. The van der Waals surface area contributed by atoms with Crippen LogP contribution in [0.25, 0.3) is 10.7 Å². The van der Waals surface area contributed by atoms with Crippen LogP contribution in [0.15, 0.2) is 40.2 Å². The Labute approximate surface area is 135 Å². The molecule has 8 heteroatoms. The highest BCUT2D eigenvalue weighted by Crippen LogP contribution is 2.22. The summed E-state index contributed by atoms with van der Waals surface area (Å²) in [6, 6.07) is 8.17. The van der Waals surface area contributed by atoms with Gasteiger partial charge in [0, 0.05) is 12.6 Å². The summed E-state index contributed by atoms with van der Waals surface area (Å²) >= 11 is 1.53. The fourth-order valence-corrected chi connectivity index (χ4v) is 2.58. The van der Waals surface area contributed by atoms with E-state index in [0.29, 0.717) is 23.9 Å². The molecule has 6 nitrogen and oxygen atoms in total. The molecule has 23 heavy (non-hydrogen) atoms. The van der Waals surface area contributed by atoms with Crippen LogP contribution in [0.1, 0.15) is 12.8 Å². The van der Waals surface area contributed by atoms with Gasteiger partial charge in [-0.15, -0.1) is 11.3 Å². The van der Waals surface area contributed by atoms with E-state index in [1.54, 1.807) is 6.07 Å². The Morgan fingerprint density at radius 2 is 2.26 bits per heavy atom. The molecule has 1 amide bonds. The van der Waals surface area contributed by atoms with Crippen molar-refractivity contribution in [3.8, 4) is 10.7 Å². The van der Waals surface area contributed by atoms with Crippen molar-refractivity contribution in [1.82, 2.24) is 10.1 Å². The van der Waals surface area contributed by atoms with Gasteiger partial charge in [0.1, 0.15) is 5.82 Å². The quantitative estimate of drug-likeness (QED) is 0.747. The number of halogens is 1. The lowest BCUT2D eigenvalue weighted by molar-refractivity contribution is -0.114. The summed E-state index contributed by atoms with van der Waals surface area (Å²) in [6.45, 7) is 1.62. The molecular formula is C15H13FN4O2S. The van der Waals surface area contributed by atoms with Crippen molar-refractivity contribution in [1.29, 1.82) is 0 Å². The first kappa shape index (κ1) is 15.2. The largest absolute Gasteiger partial charge is 0.376 e. The monoisotopic (exact) mass is 332 g/mol. The number of hydrogen-bond donors (Lipinski definition) is 2. The van der Waals surface area contributed by atoms with Crippen LogP contribution in [0, 0.1) is 5.82 Å². The van der Waals surface area contributed by atoms with E-state index in [4.69, 9.17) is 4.52 Å². The van der Waals surface area contributed by atoms with Gasteiger partial charge in [-0.1, -0.05) is 11.2 Å². The zero-order valence-electron chi connectivity index (χ0n) is 12.2. The van der Waals surface area contributed by atoms with Crippen molar-refractivity contribution in [3.05, 3.63) is 47.4 Å². The van der Waals surface area contributed by atoms with Crippen LogP contribution in [-0.2, 0) is 11.3 Å². The molecule has 0 aliphatic carbocycles. The maximum absolute atomic E-state index is 13.6. The second-order valence-corrected chi connectivity index (χ2v) is 5.67. The van der Waals surface area contributed by atoms with Crippen LogP contribution in [0.3, 0.4) is 0 Å². The van der Waals surface area contributed by atoms with E-state index in [2.05, 4.69) is 20.8 Å². The third-order valence-electron chi connectivity index (χ3n) is 2.93. The number of amides is 1. The fraction of sp³-hybridized carbons (Fsp3) is 0.133. The molecule has 0 aliphatic rings. The van der Waals surface area contributed by atoms with Crippen LogP contribution in [0.4, 0.5) is 15.8 Å². The smallest absolute Gasteiger partial charge is 0.246 e. The SMILES string of the molecule is CC(=O)Nc1cc(NCc2nc(-c3cccs3)no2)ccc1F. The van der Waals surface area contributed by atoms with E-state index < -0.39 is 5.82 Å². The van der Waals surface area contributed by atoms with E-state index in [-0.39, 0.29) is 11.6 Å². The number of carbonyl (C=O) groups is 1. The van der Waals surface area contributed by atoms with Crippen molar-refractivity contribution >= 4 is 28.6 Å². The van der Waals surface area contributed by atoms with Crippen molar-refractivity contribution < 1.29 is 13.7 Å².